The molecule has 8 heteroatoms. The van der Waals surface area contributed by atoms with E-state index in [0.29, 0.717) is 12.6 Å². The maximum atomic E-state index is 11.5. The molecule has 1 aromatic carbocycles. The molecule has 2 fully saturated rings. The highest BCUT2D eigenvalue weighted by Crippen LogP contribution is 2.19. The van der Waals surface area contributed by atoms with Gasteiger partial charge in [-0.25, -0.2) is 4.99 Å². The molecule has 0 saturated carbocycles. The Balaban J connectivity index is 0.00000320. The van der Waals surface area contributed by atoms with E-state index in [1.54, 1.807) is 0 Å². The van der Waals surface area contributed by atoms with Crippen LogP contribution in [0.3, 0.4) is 0 Å². The van der Waals surface area contributed by atoms with Gasteiger partial charge in [0.2, 0.25) is 5.91 Å². The molecular weight excluding hydrogens is 509 g/mol. The van der Waals surface area contributed by atoms with Crippen molar-refractivity contribution < 1.29 is 4.79 Å². The molecule has 1 aromatic rings. The summed E-state index contributed by atoms with van der Waals surface area (Å²) in [5.41, 5.74) is 7.99. The highest BCUT2D eigenvalue weighted by molar-refractivity contribution is 14.0. The normalized spacial score (nSPS) is 22.8. The number of rotatable bonds is 7. The number of thioether (sulfide) groups is 1. The second kappa shape index (κ2) is 13.4. The number of benzene rings is 1. The van der Waals surface area contributed by atoms with Crippen molar-refractivity contribution in [3.63, 3.8) is 0 Å². The SMILES string of the molecule is CCNC(=NCc1cccc(CN2CCCC(C(N)=O)C2)c1)NC1CCCSC1.I. The molecule has 2 heterocycles. The van der Waals surface area contributed by atoms with Crippen LogP contribution in [-0.2, 0) is 17.9 Å². The van der Waals surface area contributed by atoms with Crippen LogP contribution in [0.4, 0.5) is 0 Å². The second-order valence-corrected chi connectivity index (χ2v) is 9.20. The predicted molar refractivity (Wildman–Crippen MR) is 137 cm³/mol. The molecule has 168 valence electrons. The van der Waals surface area contributed by atoms with Crippen LogP contribution in [-0.4, -0.2) is 53.9 Å². The molecule has 0 aromatic heterocycles. The minimum Gasteiger partial charge on any atom is -0.369 e. The summed E-state index contributed by atoms with van der Waals surface area (Å²) in [6.07, 6.45) is 4.45. The van der Waals surface area contributed by atoms with Crippen LogP contribution in [0.15, 0.2) is 29.3 Å². The van der Waals surface area contributed by atoms with Crippen molar-refractivity contribution in [2.75, 3.05) is 31.1 Å². The fourth-order valence-corrected chi connectivity index (χ4v) is 5.13. The van der Waals surface area contributed by atoms with E-state index in [4.69, 9.17) is 10.7 Å². The van der Waals surface area contributed by atoms with E-state index in [9.17, 15) is 4.79 Å². The van der Waals surface area contributed by atoms with Crippen LogP contribution in [0.25, 0.3) is 0 Å². The molecule has 3 rings (SSSR count). The average Bonchev–Trinajstić information content (AvgIpc) is 2.73. The standard InChI is InChI=1S/C22H35N5OS.HI/c1-2-24-22(26-20-9-5-11-29-16-20)25-13-17-6-3-7-18(12-17)14-27-10-4-8-19(15-27)21(23)28;/h3,6-7,12,19-20H,2,4-5,8-11,13-16H2,1H3,(H2,23,28)(H2,24,25,26);1H. The molecule has 30 heavy (non-hydrogen) atoms. The Morgan fingerprint density at radius 1 is 1.30 bits per heavy atom. The Morgan fingerprint density at radius 2 is 2.13 bits per heavy atom. The summed E-state index contributed by atoms with van der Waals surface area (Å²) in [4.78, 5) is 18.7. The molecule has 0 aliphatic carbocycles. The maximum absolute atomic E-state index is 11.5. The average molecular weight is 546 g/mol. The predicted octanol–water partition coefficient (Wildman–Crippen LogP) is 2.95. The molecule has 4 N–H and O–H groups in total. The number of amides is 1. The van der Waals surface area contributed by atoms with Gasteiger partial charge in [-0.05, 0) is 56.0 Å². The Morgan fingerprint density at radius 3 is 2.87 bits per heavy atom. The zero-order valence-corrected chi connectivity index (χ0v) is 21.1. The van der Waals surface area contributed by atoms with Crippen molar-refractivity contribution in [2.45, 2.75) is 51.7 Å². The van der Waals surface area contributed by atoms with Crippen molar-refractivity contribution >= 4 is 47.6 Å². The van der Waals surface area contributed by atoms with Crippen molar-refractivity contribution in [1.82, 2.24) is 15.5 Å². The molecule has 2 aliphatic rings. The minimum absolute atomic E-state index is 0. The summed E-state index contributed by atoms with van der Waals surface area (Å²) < 4.78 is 0. The monoisotopic (exact) mass is 545 g/mol. The number of piperidine rings is 1. The second-order valence-electron chi connectivity index (χ2n) is 8.05. The van der Waals surface area contributed by atoms with Crippen LogP contribution in [0.1, 0.15) is 43.7 Å². The third kappa shape index (κ3) is 8.26. The van der Waals surface area contributed by atoms with Crippen LogP contribution >= 0.6 is 35.7 Å². The van der Waals surface area contributed by atoms with Gasteiger partial charge in [-0.2, -0.15) is 11.8 Å². The molecule has 1 amide bonds. The summed E-state index contributed by atoms with van der Waals surface area (Å²) in [7, 11) is 0. The van der Waals surface area contributed by atoms with Crippen molar-refractivity contribution in [2.24, 2.45) is 16.6 Å². The molecule has 2 saturated heterocycles. The van der Waals surface area contributed by atoms with Crippen LogP contribution < -0.4 is 16.4 Å². The number of nitrogens with zero attached hydrogens (tertiary/aromatic N) is 2. The molecule has 0 radical (unpaired) electrons. The number of nitrogens with one attached hydrogen (secondary N) is 2. The molecule has 6 nitrogen and oxygen atoms in total. The van der Waals surface area contributed by atoms with Gasteiger partial charge in [0.25, 0.3) is 0 Å². The van der Waals surface area contributed by atoms with Crippen LogP contribution in [0, 0.1) is 5.92 Å². The minimum atomic E-state index is -0.169. The Bertz CT molecular complexity index is 696. The molecule has 0 spiro atoms. The number of hydrogen-bond donors (Lipinski definition) is 3. The summed E-state index contributed by atoms with van der Waals surface area (Å²) in [6, 6.07) is 9.14. The van der Waals surface area contributed by atoms with Gasteiger partial charge in [-0.15, -0.1) is 24.0 Å². The van der Waals surface area contributed by atoms with E-state index in [0.717, 1.165) is 50.7 Å². The highest BCUT2D eigenvalue weighted by atomic mass is 127. The van der Waals surface area contributed by atoms with Crippen molar-refractivity contribution in [3.05, 3.63) is 35.4 Å². The highest BCUT2D eigenvalue weighted by Gasteiger charge is 2.23. The molecule has 0 bridgehead atoms. The van der Waals surface area contributed by atoms with Crippen LogP contribution in [0.5, 0.6) is 0 Å². The van der Waals surface area contributed by atoms with Crippen molar-refractivity contribution in [1.29, 1.82) is 0 Å². The van der Waals surface area contributed by atoms with E-state index in [1.807, 2.05) is 11.8 Å². The van der Waals surface area contributed by atoms with Gasteiger partial charge in [0.1, 0.15) is 0 Å². The van der Waals surface area contributed by atoms with Gasteiger partial charge in [-0.1, -0.05) is 24.3 Å². The number of guanidine groups is 1. The summed E-state index contributed by atoms with van der Waals surface area (Å²) in [5, 5.41) is 6.96. The first kappa shape index (κ1) is 25.3. The lowest BCUT2D eigenvalue weighted by molar-refractivity contribution is -0.123. The fraction of sp³-hybridized carbons (Fsp3) is 0.636. The topological polar surface area (TPSA) is 82.8 Å². The number of aliphatic imine (C=N–C) groups is 1. The van der Waals surface area contributed by atoms with Gasteiger partial charge in [0, 0.05) is 31.4 Å². The van der Waals surface area contributed by atoms with E-state index in [-0.39, 0.29) is 35.8 Å². The van der Waals surface area contributed by atoms with Gasteiger partial charge in [-0.3, -0.25) is 9.69 Å². The lowest BCUT2D eigenvalue weighted by atomic mass is 9.97. The quantitative estimate of drug-likeness (QED) is 0.279. The van der Waals surface area contributed by atoms with Crippen molar-refractivity contribution in [3.8, 4) is 0 Å². The van der Waals surface area contributed by atoms with E-state index in [1.165, 1.54) is 29.7 Å². The van der Waals surface area contributed by atoms with Gasteiger partial charge in [0.15, 0.2) is 5.96 Å². The number of halogens is 1. The van der Waals surface area contributed by atoms with Gasteiger partial charge in [0.05, 0.1) is 12.5 Å². The number of hydrogen-bond acceptors (Lipinski definition) is 4. The molecular formula is C22H36IN5OS. The van der Waals surface area contributed by atoms with Crippen LogP contribution in [0.2, 0.25) is 0 Å². The third-order valence-corrected chi connectivity index (χ3v) is 6.79. The van der Waals surface area contributed by atoms with Gasteiger partial charge >= 0.3 is 0 Å². The Labute approximate surface area is 202 Å². The zero-order chi connectivity index (χ0) is 20.5. The third-order valence-electron chi connectivity index (χ3n) is 5.57. The largest absolute Gasteiger partial charge is 0.369 e. The lowest BCUT2D eigenvalue weighted by Gasteiger charge is -2.31. The smallest absolute Gasteiger partial charge is 0.221 e. The molecule has 2 atom stereocenters. The summed E-state index contributed by atoms with van der Waals surface area (Å²) in [6.45, 7) is 6.28. The number of primary amides is 1. The number of likely N-dealkylation sites (tertiary alicyclic amines) is 1. The van der Waals surface area contributed by atoms with Gasteiger partial charge < -0.3 is 16.4 Å². The molecule has 2 unspecified atom stereocenters. The summed E-state index contributed by atoms with van der Waals surface area (Å²) >= 11 is 2.02. The first-order chi connectivity index (χ1) is 14.1. The number of carbonyl (C=O) groups is 1. The fourth-order valence-electron chi connectivity index (χ4n) is 4.05. The Hall–Kier alpha value is -1.00. The van der Waals surface area contributed by atoms with E-state index in [2.05, 4.69) is 46.7 Å². The first-order valence-electron chi connectivity index (χ1n) is 10.9. The van der Waals surface area contributed by atoms with E-state index >= 15 is 0 Å². The number of nitrogens with two attached hydrogens (primary N) is 1. The van der Waals surface area contributed by atoms with E-state index < -0.39 is 0 Å². The maximum Gasteiger partial charge on any atom is 0.221 e. The summed E-state index contributed by atoms with van der Waals surface area (Å²) in [5.74, 6) is 3.16. The zero-order valence-electron chi connectivity index (χ0n) is 17.9. The lowest BCUT2D eigenvalue weighted by Crippen LogP contribution is -2.45. The number of carbonyl (C=O) groups excluding carboxylic acids is 1. The first-order valence-corrected chi connectivity index (χ1v) is 12.0. The molecule has 2 aliphatic heterocycles. The Kier molecular flexibility index (Phi) is 11.3.